The largest absolute Gasteiger partial charge is 0.383 e. The molecule has 0 saturated carbocycles. The first-order valence-corrected chi connectivity index (χ1v) is 6.40. The first-order chi connectivity index (χ1) is 9.11. The van der Waals surface area contributed by atoms with Crippen LogP contribution in [-0.2, 0) is 9.53 Å². The van der Waals surface area contributed by atoms with Gasteiger partial charge in [0.2, 0.25) is 5.91 Å². The maximum Gasteiger partial charge on any atom is 0.239 e. The summed E-state index contributed by atoms with van der Waals surface area (Å²) < 4.78 is 4.83. The Hall–Kier alpha value is -1.66. The van der Waals surface area contributed by atoms with Crippen LogP contribution in [0.1, 0.15) is 5.56 Å². The first-order valence-electron chi connectivity index (χ1n) is 5.99. The van der Waals surface area contributed by atoms with Gasteiger partial charge in [0.1, 0.15) is 0 Å². The Labute approximate surface area is 118 Å². The lowest BCUT2D eigenvalue weighted by atomic mass is 10.2. The molecule has 1 aromatic carbocycles. The number of hydrogen-bond acceptors (Lipinski definition) is 3. The van der Waals surface area contributed by atoms with Crippen molar-refractivity contribution in [1.29, 1.82) is 0 Å². The molecule has 0 aromatic heterocycles. The highest BCUT2D eigenvalue weighted by molar-refractivity contribution is 7.80. The topological polar surface area (TPSA) is 62.4 Å². The number of amides is 1. The van der Waals surface area contributed by atoms with Crippen LogP contribution >= 0.6 is 12.2 Å². The highest BCUT2D eigenvalue weighted by Gasteiger charge is 2.02. The second-order valence-electron chi connectivity index (χ2n) is 4.02. The summed E-state index contributed by atoms with van der Waals surface area (Å²) in [5.41, 5.74) is 2.07. The molecule has 1 rings (SSSR count). The number of rotatable bonds is 6. The van der Waals surface area contributed by atoms with Gasteiger partial charge in [0.05, 0.1) is 13.2 Å². The van der Waals surface area contributed by atoms with Crippen molar-refractivity contribution < 1.29 is 9.53 Å². The Morgan fingerprint density at radius 3 is 2.58 bits per heavy atom. The second kappa shape index (κ2) is 8.44. The molecule has 0 atom stereocenters. The Morgan fingerprint density at radius 2 is 1.95 bits per heavy atom. The zero-order chi connectivity index (χ0) is 14.1. The predicted octanol–water partition coefficient (Wildman–Crippen LogP) is 1.04. The fourth-order valence-electron chi connectivity index (χ4n) is 1.33. The van der Waals surface area contributed by atoms with Crippen molar-refractivity contribution in [1.82, 2.24) is 10.6 Å². The van der Waals surface area contributed by atoms with Crippen molar-refractivity contribution in [2.75, 3.05) is 32.1 Å². The number of hydrogen-bond donors (Lipinski definition) is 3. The molecule has 0 fully saturated rings. The van der Waals surface area contributed by atoms with E-state index in [-0.39, 0.29) is 12.5 Å². The summed E-state index contributed by atoms with van der Waals surface area (Å²) >= 11 is 5.10. The van der Waals surface area contributed by atoms with E-state index in [1.807, 2.05) is 31.2 Å². The average Bonchev–Trinajstić information content (AvgIpc) is 2.39. The van der Waals surface area contributed by atoms with Crippen LogP contribution in [0.4, 0.5) is 5.69 Å². The maximum absolute atomic E-state index is 11.4. The molecule has 19 heavy (non-hydrogen) atoms. The Balaban J connectivity index is 2.24. The van der Waals surface area contributed by atoms with Gasteiger partial charge in [0, 0.05) is 19.3 Å². The van der Waals surface area contributed by atoms with Gasteiger partial charge < -0.3 is 20.7 Å². The van der Waals surface area contributed by atoms with Gasteiger partial charge in [-0.2, -0.15) is 0 Å². The lowest BCUT2D eigenvalue weighted by Crippen LogP contribution is -2.39. The number of anilines is 1. The van der Waals surface area contributed by atoms with E-state index in [9.17, 15) is 4.79 Å². The summed E-state index contributed by atoms with van der Waals surface area (Å²) in [6.45, 7) is 3.15. The molecule has 1 amide bonds. The lowest BCUT2D eigenvalue weighted by Gasteiger charge is -2.10. The molecule has 0 aliphatic rings. The van der Waals surface area contributed by atoms with Crippen LogP contribution in [0.3, 0.4) is 0 Å². The number of benzene rings is 1. The summed E-state index contributed by atoms with van der Waals surface area (Å²) in [4.78, 5) is 11.4. The van der Waals surface area contributed by atoms with Gasteiger partial charge in [0.25, 0.3) is 0 Å². The Kier molecular flexibility index (Phi) is 6.84. The summed E-state index contributed by atoms with van der Waals surface area (Å²) in [6, 6.07) is 7.84. The third-order valence-corrected chi connectivity index (χ3v) is 2.59. The summed E-state index contributed by atoms with van der Waals surface area (Å²) in [5.74, 6) is -0.120. The molecule has 0 radical (unpaired) electrons. The normalized spacial score (nSPS) is 9.79. The molecule has 0 spiro atoms. The third kappa shape index (κ3) is 6.73. The number of thiocarbonyl (C=S) groups is 1. The number of aryl methyl sites for hydroxylation is 1. The van der Waals surface area contributed by atoms with Crippen LogP contribution in [-0.4, -0.2) is 37.8 Å². The van der Waals surface area contributed by atoms with E-state index in [4.69, 9.17) is 17.0 Å². The molecule has 6 heteroatoms. The van der Waals surface area contributed by atoms with Crippen LogP contribution in [0.15, 0.2) is 24.3 Å². The van der Waals surface area contributed by atoms with Gasteiger partial charge in [0.15, 0.2) is 5.11 Å². The second-order valence-corrected chi connectivity index (χ2v) is 4.42. The van der Waals surface area contributed by atoms with Crippen molar-refractivity contribution in [3.05, 3.63) is 29.8 Å². The van der Waals surface area contributed by atoms with E-state index >= 15 is 0 Å². The van der Waals surface area contributed by atoms with E-state index in [1.54, 1.807) is 7.11 Å². The molecule has 0 aliphatic heterocycles. The minimum absolute atomic E-state index is 0.120. The quantitative estimate of drug-likeness (QED) is 0.537. The van der Waals surface area contributed by atoms with Gasteiger partial charge in [-0.15, -0.1) is 0 Å². The molecule has 3 N–H and O–H groups in total. The van der Waals surface area contributed by atoms with E-state index in [2.05, 4.69) is 16.0 Å². The third-order valence-electron chi connectivity index (χ3n) is 2.35. The summed E-state index contributed by atoms with van der Waals surface area (Å²) in [6.07, 6.45) is 0. The Morgan fingerprint density at radius 1 is 1.26 bits per heavy atom. The molecule has 0 saturated heterocycles. The van der Waals surface area contributed by atoms with E-state index in [0.29, 0.717) is 18.3 Å². The van der Waals surface area contributed by atoms with Crippen molar-refractivity contribution >= 4 is 28.9 Å². The predicted molar refractivity (Wildman–Crippen MR) is 80.3 cm³/mol. The van der Waals surface area contributed by atoms with Crippen molar-refractivity contribution in [3.63, 3.8) is 0 Å². The first kappa shape index (κ1) is 15.4. The number of ether oxygens (including phenoxy) is 1. The van der Waals surface area contributed by atoms with Gasteiger partial charge >= 0.3 is 0 Å². The molecule has 0 heterocycles. The highest BCUT2D eigenvalue weighted by atomic mass is 32.1. The van der Waals surface area contributed by atoms with E-state index < -0.39 is 0 Å². The minimum Gasteiger partial charge on any atom is -0.383 e. The van der Waals surface area contributed by atoms with Crippen LogP contribution < -0.4 is 16.0 Å². The van der Waals surface area contributed by atoms with Crippen LogP contribution in [0, 0.1) is 6.92 Å². The molecule has 104 valence electrons. The molecule has 0 unspecified atom stereocenters. The van der Waals surface area contributed by atoms with Gasteiger partial charge in [-0.05, 0) is 31.3 Å². The Bertz CT molecular complexity index is 420. The van der Waals surface area contributed by atoms with E-state index in [0.717, 1.165) is 5.69 Å². The van der Waals surface area contributed by atoms with Gasteiger partial charge in [-0.25, -0.2) is 0 Å². The molecular formula is C13H19N3O2S. The number of carbonyl (C=O) groups is 1. The SMILES string of the molecule is COCCNC(=O)CNC(=S)Nc1ccc(C)cc1. The fourth-order valence-corrected chi connectivity index (χ4v) is 1.52. The molecule has 1 aromatic rings. The minimum atomic E-state index is -0.120. The zero-order valence-electron chi connectivity index (χ0n) is 11.2. The molecule has 5 nitrogen and oxygen atoms in total. The van der Waals surface area contributed by atoms with Crippen molar-refractivity contribution in [2.45, 2.75) is 6.92 Å². The van der Waals surface area contributed by atoms with Gasteiger partial charge in [-0.1, -0.05) is 17.7 Å². The maximum atomic E-state index is 11.4. The van der Waals surface area contributed by atoms with Gasteiger partial charge in [-0.3, -0.25) is 4.79 Å². The van der Waals surface area contributed by atoms with Crippen LogP contribution in [0.2, 0.25) is 0 Å². The number of nitrogens with one attached hydrogen (secondary N) is 3. The lowest BCUT2D eigenvalue weighted by molar-refractivity contribution is -0.120. The number of methoxy groups -OCH3 is 1. The van der Waals surface area contributed by atoms with E-state index in [1.165, 1.54) is 5.56 Å². The highest BCUT2D eigenvalue weighted by Crippen LogP contribution is 2.07. The average molecular weight is 281 g/mol. The number of carbonyl (C=O) groups excluding carboxylic acids is 1. The zero-order valence-corrected chi connectivity index (χ0v) is 12.0. The van der Waals surface area contributed by atoms with Crippen LogP contribution in [0.25, 0.3) is 0 Å². The van der Waals surface area contributed by atoms with Crippen molar-refractivity contribution in [2.24, 2.45) is 0 Å². The van der Waals surface area contributed by atoms with Crippen LogP contribution in [0.5, 0.6) is 0 Å². The monoisotopic (exact) mass is 281 g/mol. The smallest absolute Gasteiger partial charge is 0.239 e. The molecule has 0 bridgehead atoms. The summed E-state index contributed by atoms with van der Waals surface area (Å²) in [7, 11) is 1.59. The molecule has 0 aliphatic carbocycles. The standard InChI is InChI=1S/C13H19N3O2S/c1-10-3-5-11(6-4-10)16-13(19)15-9-12(17)14-7-8-18-2/h3-6H,7-9H2,1-2H3,(H,14,17)(H2,15,16,19). The molecular weight excluding hydrogens is 262 g/mol. The summed E-state index contributed by atoms with van der Waals surface area (Å²) in [5, 5.41) is 8.97. The fraction of sp³-hybridized carbons (Fsp3) is 0.385. The van der Waals surface area contributed by atoms with Crippen molar-refractivity contribution in [3.8, 4) is 0 Å².